The summed E-state index contributed by atoms with van der Waals surface area (Å²) in [5, 5.41) is 3.15. The van der Waals surface area contributed by atoms with Crippen LogP contribution in [0.25, 0.3) is 0 Å². The summed E-state index contributed by atoms with van der Waals surface area (Å²) in [4.78, 5) is -0.316. The smallest absolute Gasteiger partial charge is 0.744 e. The molecule has 0 bridgehead atoms. The fraction of sp³-hybridized carbons (Fsp3) is 0. The van der Waals surface area contributed by atoms with Crippen molar-refractivity contribution in [2.24, 2.45) is 10.9 Å². The fourth-order valence-corrected chi connectivity index (χ4v) is 1.55. The zero-order valence-electron chi connectivity index (χ0n) is 7.54. The van der Waals surface area contributed by atoms with Crippen LogP contribution in [0.4, 0.5) is 0 Å². The molecule has 7 heteroatoms. The van der Waals surface area contributed by atoms with Gasteiger partial charge in [-0.3, -0.25) is 0 Å². The first-order chi connectivity index (χ1) is 6.05. The van der Waals surface area contributed by atoms with Gasteiger partial charge in [0.1, 0.15) is 10.1 Å². The summed E-state index contributed by atoms with van der Waals surface area (Å²) >= 11 is 0. The number of hydrazone groups is 1. The van der Waals surface area contributed by atoms with Crippen LogP contribution in [0.3, 0.4) is 0 Å². The molecule has 5 nitrogen and oxygen atoms in total. The van der Waals surface area contributed by atoms with E-state index in [1.807, 2.05) is 0 Å². The molecule has 1 aromatic rings. The average molecular weight is 222 g/mol. The molecule has 0 amide bonds. The SMILES string of the molecule is NN=Cc1ccccc1S(=O)(=O)[O-].[Na+]. The molecule has 1 rings (SSSR count). The molecular weight excluding hydrogens is 215 g/mol. The Morgan fingerprint density at radius 1 is 1.36 bits per heavy atom. The number of benzene rings is 1. The quantitative estimate of drug-likeness (QED) is 0.188. The predicted octanol–water partition coefficient (Wildman–Crippen LogP) is -3.11. The van der Waals surface area contributed by atoms with Crippen molar-refractivity contribution < 1.29 is 42.5 Å². The fourth-order valence-electron chi connectivity index (χ4n) is 0.895. The van der Waals surface area contributed by atoms with Gasteiger partial charge in [-0.1, -0.05) is 18.2 Å². The van der Waals surface area contributed by atoms with E-state index in [-0.39, 0.29) is 40.0 Å². The molecule has 0 saturated carbocycles. The molecule has 0 aliphatic rings. The van der Waals surface area contributed by atoms with Crippen molar-refractivity contribution in [3.05, 3.63) is 29.8 Å². The third-order valence-corrected chi connectivity index (χ3v) is 2.31. The molecule has 0 heterocycles. The number of rotatable bonds is 2. The van der Waals surface area contributed by atoms with E-state index >= 15 is 0 Å². The van der Waals surface area contributed by atoms with Crippen LogP contribution in [0.1, 0.15) is 5.56 Å². The first-order valence-electron chi connectivity index (χ1n) is 3.34. The van der Waals surface area contributed by atoms with E-state index < -0.39 is 10.1 Å². The van der Waals surface area contributed by atoms with E-state index in [0.29, 0.717) is 0 Å². The van der Waals surface area contributed by atoms with Gasteiger partial charge in [0.15, 0.2) is 0 Å². The number of hydrogen-bond donors (Lipinski definition) is 1. The molecule has 0 aliphatic heterocycles. The zero-order valence-corrected chi connectivity index (χ0v) is 10.4. The van der Waals surface area contributed by atoms with Crippen LogP contribution in [0.2, 0.25) is 0 Å². The summed E-state index contributed by atoms with van der Waals surface area (Å²) in [5.41, 5.74) is 0.194. The normalized spacial score (nSPS) is 11.2. The van der Waals surface area contributed by atoms with Crippen LogP contribution < -0.4 is 35.4 Å². The number of hydrogen-bond acceptors (Lipinski definition) is 5. The summed E-state index contributed by atoms with van der Waals surface area (Å²) in [5.74, 6) is 4.85. The summed E-state index contributed by atoms with van der Waals surface area (Å²) < 4.78 is 32.0. The van der Waals surface area contributed by atoms with Crippen LogP contribution in [-0.4, -0.2) is 19.2 Å². The Kier molecular flexibility index (Phi) is 5.32. The van der Waals surface area contributed by atoms with Gasteiger partial charge in [-0.25, -0.2) is 8.42 Å². The molecule has 1 aromatic carbocycles. The first kappa shape index (κ1) is 13.6. The molecule has 14 heavy (non-hydrogen) atoms. The maximum absolute atomic E-state index is 10.7. The van der Waals surface area contributed by atoms with Gasteiger partial charge < -0.3 is 10.4 Å². The summed E-state index contributed by atoms with van der Waals surface area (Å²) in [6.07, 6.45) is 1.12. The second kappa shape index (κ2) is 5.47. The monoisotopic (exact) mass is 222 g/mol. The van der Waals surface area contributed by atoms with Crippen LogP contribution in [0.15, 0.2) is 34.3 Å². The maximum Gasteiger partial charge on any atom is 1.00 e. The predicted molar refractivity (Wildman–Crippen MR) is 46.2 cm³/mol. The Balaban J connectivity index is 0.00000169. The van der Waals surface area contributed by atoms with Gasteiger partial charge in [-0.15, -0.1) is 0 Å². The molecule has 0 radical (unpaired) electrons. The van der Waals surface area contributed by atoms with Gasteiger partial charge in [0.05, 0.1) is 11.1 Å². The molecule has 70 valence electrons. The largest absolute Gasteiger partial charge is 1.00 e. The first-order valence-corrected chi connectivity index (χ1v) is 4.74. The van der Waals surface area contributed by atoms with E-state index in [0.717, 1.165) is 6.21 Å². The number of nitrogens with two attached hydrogens (primary N) is 1. The van der Waals surface area contributed by atoms with Crippen LogP contribution >= 0.6 is 0 Å². The second-order valence-corrected chi connectivity index (χ2v) is 3.62. The molecule has 0 fully saturated rings. The third kappa shape index (κ3) is 3.39. The molecular formula is C7H7N2NaO3S. The summed E-state index contributed by atoms with van der Waals surface area (Å²) in [7, 11) is -4.45. The minimum atomic E-state index is -4.45. The van der Waals surface area contributed by atoms with E-state index in [9.17, 15) is 13.0 Å². The van der Waals surface area contributed by atoms with Crippen molar-refractivity contribution in [2.75, 3.05) is 0 Å². The van der Waals surface area contributed by atoms with Gasteiger partial charge in [-0.2, -0.15) is 5.10 Å². The van der Waals surface area contributed by atoms with Crippen LogP contribution in [0, 0.1) is 0 Å². The van der Waals surface area contributed by atoms with Crippen LogP contribution in [-0.2, 0) is 10.1 Å². The van der Waals surface area contributed by atoms with E-state index in [2.05, 4.69) is 5.10 Å². The van der Waals surface area contributed by atoms with E-state index in [4.69, 9.17) is 5.84 Å². The van der Waals surface area contributed by atoms with Crippen molar-refractivity contribution in [2.45, 2.75) is 4.90 Å². The number of nitrogens with zero attached hydrogens (tertiary/aromatic N) is 1. The Labute approximate surface area is 104 Å². The average Bonchev–Trinajstić information content (AvgIpc) is 2.04. The van der Waals surface area contributed by atoms with E-state index in [1.165, 1.54) is 18.2 Å². The topological polar surface area (TPSA) is 95.6 Å². The van der Waals surface area contributed by atoms with Crippen molar-refractivity contribution in [3.8, 4) is 0 Å². The van der Waals surface area contributed by atoms with Crippen molar-refractivity contribution >= 4 is 16.3 Å². The molecule has 0 atom stereocenters. The molecule has 0 aliphatic carbocycles. The Morgan fingerprint density at radius 2 is 1.93 bits per heavy atom. The van der Waals surface area contributed by atoms with E-state index in [1.54, 1.807) is 6.07 Å². The third-order valence-electron chi connectivity index (χ3n) is 1.40. The van der Waals surface area contributed by atoms with Crippen molar-refractivity contribution in [3.63, 3.8) is 0 Å². The van der Waals surface area contributed by atoms with Crippen molar-refractivity contribution in [1.29, 1.82) is 0 Å². The Morgan fingerprint density at radius 3 is 2.43 bits per heavy atom. The second-order valence-electron chi connectivity index (χ2n) is 2.27. The van der Waals surface area contributed by atoms with Crippen molar-refractivity contribution in [1.82, 2.24) is 0 Å². The summed E-state index contributed by atoms with van der Waals surface area (Å²) in [6.45, 7) is 0. The van der Waals surface area contributed by atoms with Gasteiger partial charge in [0.25, 0.3) is 0 Å². The van der Waals surface area contributed by atoms with Gasteiger partial charge in [0.2, 0.25) is 0 Å². The minimum absolute atomic E-state index is 0. The van der Waals surface area contributed by atoms with Gasteiger partial charge >= 0.3 is 29.6 Å². The minimum Gasteiger partial charge on any atom is -0.744 e. The van der Waals surface area contributed by atoms with Gasteiger partial charge in [-0.05, 0) is 6.07 Å². The molecule has 0 saturated heterocycles. The Bertz CT molecular complexity index is 430. The maximum atomic E-state index is 10.7. The molecule has 2 N–H and O–H groups in total. The molecule has 0 aromatic heterocycles. The molecule has 0 spiro atoms. The standard InChI is InChI=1S/C7H8N2O3S.Na/c8-9-5-6-3-1-2-4-7(6)13(10,11)12;/h1-5H,8H2,(H,10,11,12);/q;+1/p-1. The van der Waals surface area contributed by atoms with Crippen LogP contribution in [0.5, 0.6) is 0 Å². The zero-order chi connectivity index (χ0) is 9.90. The van der Waals surface area contributed by atoms with Gasteiger partial charge in [0, 0.05) is 5.56 Å². The summed E-state index contributed by atoms with van der Waals surface area (Å²) in [6, 6.07) is 5.70. The molecule has 0 unspecified atom stereocenters. The Hall–Kier alpha value is -0.400.